The summed E-state index contributed by atoms with van der Waals surface area (Å²) < 4.78 is 11.1. The lowest BCUT2D eigenvalue weighted by atomic mass is 10.2. The lowest BCUT2D eigenvalue weighted by molar-refractivity contribution is -0.118. The predicted octanol–water partition coefficient (Wildman–Crippen LogP) is 4.31. The summed E-state index contributed by atoms with van der Waals surface area (Å²) in [6, 6.07) is 11.2. The molecule has 0 spiro atoms. The molecular formula is C18H17Cl2NO3S. The van der Waals surface area contributed by atoms with E-state index in [0.29, 0.717) is 52.8 Å². The number of rotatable bonds is 6. The zero-order valence-corrected chi connectivity index (χ0v) is 15.7. The Labute approximate surface area is 160 Å². The van der Waals surface area contributed by atoms with Crippen LogP contribution in [-0.2, 0) is 17.1 Å². The van der Waals surface area contributed by atoms with Crippen molar-refractivity contribution in [2.45, 2.75) is 12.3 Å². The van der Waals surface area contributed by atoms with Crippen molar-refractivity contribution in [3.8, 4) is 11.5 Å². The smallest absolute Gasteiger partial charge is 0.230 e. The SMILES string of the molecule is O=C(CSCc1cc(Cl)c2c(c1)OCCO2)NCc1ccccc1Cl. The van der Waals surface area contributed by atoms with Crippen molar-refractivity contribution in [3.63, 3.8) is 0 Å². The van der Waals surface area contributed by atoms with Crippen LogP contribution in [0, 0.1) is 0 Å². The van der Waals surface area contributed by atoms with E-state index in [9.17, 15) is 4.79 Å². The molecule has 0 fully saturated rings. The molecule has 0 unspecified atom stereocenters. The molecule has 1 aliphatic heterocycles. The Bertz CT molecular complexity index is 770. The molecule has 0 bridgehead atoms. The minimum absolute atomic E-state index is 0.0337. The van der Waals surface area contributed by atoms with Gasteiger partial charge in [0.05, 0.1) is 10.8 Å². The van der Waals surface area contributed by atoms with Gasteiger partial charge in [0.15, 0.2) is 11.5 Å². The summed E-state index contributed by atoms with van der Waals surface area (Å²) in [6.07, 6.45) is 0. The third-order valence-corrected chi connectivity index (χ3v) is 5.25. The standard InChI is InChI=1S/C18H17Cl2NO3S/c19-14-4-2-1-3-13(14)9-21-17(22)11-25-10-12-7-15(20)18-16(8-12)23-5-6-24-18/h1-4,7-8H,5-6,9-11H2,(H,21,22). The molecule has 2 aromatic carbocycles. The molecule has 25 heavy (non-hydrogen) atoms. The highest BCUT2D eigenvalue weighted by Crippen LogP contribution is 2.39. The molecule has 2 aromatic rings. The number of thioether (sulfide) groups is 1. The first-order valence-electron chi connectivity index (χ1n) is 7.79. The second-order valence-corrected chi connectivity index (χ2v) is 7.26. The van der Waals surface area contributed by atoms with Gasteiger partial charge >= 0.3 is 0 Å². The highest BCUT2D eigenvalue weighted by atomic mass is 35.5. The van der Waals surface area contributed by atoms with Crippen molar-refractivity contribution in [3.05, 3.63) is 57.6 Å². The number of benzene rings is 2. The van der Waals surface area contributed by atoms with Gasteiger partial charge in [-0.05, 0) is 29.3 Å². The molecule has 0 aromatic heterocycles. The van der Waals surface area contributed by atoms with Crippen LogP contribution in [0.3, 0.4) is 0 Å². The summed E-state index contributed by atoms with van der Waals surface area (Å²) in [5, 5.41) is 4.06. The molecule has 0 radical (unpaired) electrons. The van der Waals surface area contributed by atoms with Gasteiger partial charge < -0.3 is 14.8 Å². The number of carbonyl (C=O) groups is 1. The second-order valence-electron chi connectivity index (χ2n) is 5.46. The molecule has 3 rings (SSSR count). The van der Waals surface area contributed by atoms with Crippen molar-refractivity contribution in [1.29, 1.82) is 0 Å². The molecule has 1 aliphatic rings. The normalized spacial score (nSPS) is 12.7. The average molecular weight is 398 g/mol. The molecule has 1 N–H and O–H groups in total. The Morgan fingerprint density at radius 1 is 1.12 bits per heavy atom. The van der Waals surface area contributed by atoms with E-state index >= 15 is 0 Å². The molecule has 0 aliphatic carbocycles. The predicted molar refractivity (Wildman–Crippen MR) is 102 cm³/mol. The van der Waals surface area contributed by atoms with Crippen LogP contribution in [0.15, 0.2) is 36.4 Å². The second kappa shape index (κ2) is 8.70. The molecule has 0 atom stereocenters. The van der Waals surface area contributed by atoms with Gasteiger partial charge in [0.25, 0.3) is 0 Å². The van der Waals surface area contributed by atoms with Gasteiger partial charge in [0, 0.05) is 17.3 Å². The molecular weight excluding hydrogens is 381 g/mol. The molecule has 0 saturated carbocycles. The Hall–Kier alpha value is -1.56. The largest absolute Gasteiger partial charge is 0.486 e. The molecule has 7 heteroatoms. The zero-order valence-electron chi connectivity index (χ0n) is 13.4. The minimum atomic E-state index is -0.0337. The van der Waals surface area contributed by atoms with E-state index in [1.54, 1.807) is 0 Å². The highest BCUT2D eigenvalue weighted by molar-refractivity contribution is 7.99. The number of nitrogens with one attached hydrogen (secondary N) is 1. The van der Waals surface area contributed by atoms with Crippen LogP contribution < -0.4 is 14.8 Å². The summed E-state index contributed by atoms with van der Waals surface area (Å²) in [5.74, 6) is 2.25. The van der Waals surface area contributed by atoms with Crippen molar-refractivity contribution in [2.75, 3.05) is 19.0 Å². The van der Waals surface area contributed by atoms with Crippen molar-refractivity contribution >= 4 is 40.9 Å². The van der Waals surface area contributed by atoms with E-state index in [0.717, 1.165) is 11.1 Å². The van der Waals surface area contributed by atoms with Gasteiger partial charge in [0.2, 0.25) is 5.91 Å². The topological polar surface area (TPSA) is 47.6 Å². The van der Waals surface area contributed by atoms with Gasteiger partial charge in [0.1, 0.15) is 13.2 Å². The monoisotopic (exact) mass is 397 g/mol. The minimum Gasteiger partial charge on any atom is -0.486 e. The molecule has 132 valence electrons. The highest BCUT2D eigenvalue weighted by Gasteiger charge is 2.16. The van der Waals surface area contributed by atoms with Crippen LogP contribution in [0.2, 0.25) is 10.0 Å². The lowest BCUT2D eigenvalue weighted by Crippen LogP contribution is -2.24. The maximum absolute atomic E-state index is 12.0. The number of carbonyl (C=O) groups excluding carboxylic acids is 1. The van der Waals surface area contributed by atoms with Crippen LogP contribution in [0.5, 0.6) is 11.5 Å². The average Bonchev–Trinajstić information content (AvgIpc) is 2.61. The van der Waals surface area contributed by atoms with E-state index in [1.807, 2.05) is 36.4 Å². The molecule has 0 saturated heterocycles. The zero-order chi connectivity index (χ0) is 17.6. The number of fused-ring (bicyclic) bond motifs is 1. The van der Waals surface area contributed by atoms with Gasteiger partial charge in [-0.15, -0.1) is 11.8 Å². The first-order valence-corrected chi connectivity index (χ1v) is 9.70. The lowest BCUT2D eigenvalue weighted by Gasteiger charge is -2.20. The summed E-state index contributed by atoms with van der Waals surface area (Å²) in [4.78, 5) is 12.0. The number of hydrogen-bond acceptors (Lipinski definition) is 4. The third kappa shape index (κ3) is 4.97. The van der Waals surface area contributed by atoms with E-state index < -0.39 is 0 Å². The van der Waals surface area contributed by atoms with Gasteiger partial charge in [-0.1, -0.05) is 41.4 Å². The van der Waals surface area contributed by atoms with Crippen LogP contribution in [-0.4, -0.2) is 24.9 Å². The Balaban J connectivity index is 1.47. The fraction of sp³-hybridized carbons (Fsp3) is 0.278. The van der Waals surface area contributed by atoms with Crippen LogP contribution in [0.25, 0.3) is 0 Å². The van der Waals surface area contributed by atoms with Gasteiger partial charge in [-0.25, -0.2) is 0 Å². The number of ether oxygens (including phenoxy) is 2. The first-order chi connectivity index (χ1) is 12.1. The van der Waals surface area contributed by atoms with Crippen LogP contribution in [0.4, 0.5) is 0 Å². The number of halogens is 2. The van der Waals surface area contributed by atoms with E-state index in [1.165, 1.54) is 11.8 Å². The molecule has 1 amide bonds. The maximum Gasteiger partial charge on any atom is 0.230 e. The van der Waals surface area contributed by atoms with Crippen molar-refractivity contribution < 1.29 is 14.3 Å². The molecule has 4 nitrogen and oxygen atoms in total. The van der Waals surface area contributed by atoms with Crippen molar-refractivity contribution in [2.24, 2.45) is 0 Å². The Kier molecular flexibility index (Phi) is 6.34. The van der Waals surface area contributed by atoms with E-state index in [2.05, 4.69) is 5.32 Å². The van der Waals surface area contributed by atoms with Crippen LogP contribution in [0.1, 0.15) is 11.1 Å². The summed E-state index contributed by atoms with van der Waals surface area (Å²) in [5.41, 5.74) is 1.90. The summed E-state index contributed by atoms with van der Waals surface area (Å²) in [6.45, 7) is 1.45. The fourth-order valence-electron chi connectivity index (χ4n) is 2.40. The van der Waals surface area contributed by atoms with E-state index in [4.69, 9.17) is 32.7 Å². The Morgan fingerprint density at radius 3 is 2.76 bits per heavy atom. The third-order valence-electron chi connectivity index (χ3n) is 3.59. The number of hydrogen-bond donors (Lipinski definition) is 1. The van der Waals surface area contributed by atoms with Gasteiger partial charge in [-0.2, -0.15) is 0 Å². The Morgan fingerprint density at radius 2 is 1.92 bits per heavy atom. The van der Waals surface area contributed by atoms with E-state index in [-0.39, 0.29) is 5.91 Å². The van der Waals surface area contributed by atoms with Gasteiger partial charge in [-0.3, -0.25) is 4.79 Å². The maximum atomic E-state index is 12.0. The fourth-order valence-corrected chi connectivity index (χ4v) is 3.68. The first kappa shape index (κ1) is 18.2. The van der Waals surface area contributed by atoms with Crippen molar-refractivity contribution in [1.82, 2.24) is 5.32 Å². The summed E-state index contributed by atoms with van der Waals surface area (Å²) in [7, 11) is 0. The number of amides is 1. The summed E-state index contributed by atoms with van der Waals surface area (Å²) >= 11 is 13.8. The molecule has 1 heterocycles. The van der Waals surface area contributed by atoms with Crippen LogP contribution >= 0.6 is 35.0 Å². The quantitative estimate of drug-likeness (QED) is 0.788.